The van der Waals surface area contributed by atoms with Crippen molar-refractivity contribution >= 4 is 6.08 Å². The molecule has 0 spiro atoms. The Morgan fingerprint density at radius 2 is 2.14 bits per heavy atom. The van der Waals surface area contributed by atoms with Crippen LogP contribution in [0.3, 0.4) is 0 Å². The van der Waals surface area contributed by atoms with Gasteiger partial charge in [-0.2, -0.15) is 5.10 Å². The number of aromatic nitrogens is 2. The van der Waals surface area contributed by atoms with E-state index in [-0.39, 0.29) is 11.5 Å². The number of fused-ring (bicyclic) bond motifs is 5. The Morgan fingerprint density at radius 3 is 2.86 bits per heavy atom. The van der Waals surface area contributed by atoms with Crippen LogP contribution in [0.1, 0.15) is 60.9 Å². The first-order valence-electron chi connectivity index (χ1n) is 11.0. The molecule has 3 aliphatic rings. The minimum Gasteiger partial charge on any atom is -0.497 e. The van der Waals surface area contributed by atoms with Crippen LogP contribution in [0.15, 0.2) is 30.0 Å². The average Bonchev–Trinajstić information content (AvgIpc) is 3.17. The molecule has 2 fully saturated rings. The van der Waals surface area contributed by atoms with Gasteiger partial charge in [0.2, 0.25) is 0 Å². The lowest BCUT2D eigenvalue weighted by molar-refractivity contribution is -0.0158. The van der Waals surface area contributed by atoms with E-state index in [2.05, 4.69) is 42.5 Å². The van der Waals surface area contributed by atoms with Gasteiger partial charge in [0.1, 0.15) is 5.75 Å². The van der Waals surface area contributed by atoms with Crippen molar-refractivity contribution in [2.75, 3.05) is 7.11 Å². The summed E-state index contributed by atoms with van der Waals surface area (Å²) in [6, 6.07) is 6.66. The summed E-state index contributed by atoms with van der Waals surface area (Å²) in [6.45, 7) is 4.38. The van der Waals surface area contributed by atoms with Gasteiger partial charge in [-0.15, -0.1) is 0 Å². The molecule has 4 heteroatoms. The molecule has 4 nitrogen and oxygen atoms in total. The average molecular weight is 393 g/mol. The van der Waals surface area contributed by atoms with Crippen molar-refractivity contribution in [3.05, 3.63) is 52.4 Å². The van der Waals surface area contributed by atoms with E-state index in [1.165, 1.54) is 29.5 Å². The second-order valence-electron chi connectivity index (χ2n) is 9.69. The van der Waals surface area contributed by atoms with Crippen molar-refractivity contribution in [3.8, 4) is 5.75 Å². The SMILES string of the molecule is COc1ccc2c(c1)CC[C@H]1[C@H]2CC[C@]2(C)[C@H](O)/C(=C/c3cn(C)nc3C)C[C@@H]12. The topological polar surface area (TPSA) is 47.3 Å². The summed E-state index contributed by atoms with van der Waals surface area (Å²) in [4.78, 5) is 0. The number of rotatable bonds is 2. The van der Waals surface area contributed by atoms with E-state index in [0.29, 0.717) is 17.8 Å². The lowest BCUT2D eigenvalue weighted by atomic mass is 9.55. The van der Waals surface area contributed by atoms with Gasteiger partial charge < -0.3 is 9.84 Å². The standard InChI is InChI=1S/C25H32N2O2/c1-15-18(14-27(3)26-15)11-17-13-23-22-7-5-16-12-19(29-4)6-8-20(16)21(22)9-10-25(23,2)24(17)28/h6,8,11-12,14,21-24,28H,5,7,9-10,13H2,1-4H3/b17-11+/t21-,22-,23-,24+,25-/m0/s1. The zero-order chi connectivity index (χ0) is 20.3. The highest BCUT2D eigenvalue weighted by molar-refractivity contribution is 5.57. The van der Waals surface area contributed by atoms with Crippen LogP contribution in [-0.2, 0) is 13.5 Å². The first-order chi connectivity index (χ1) is 13.9. The van der Waals surface area contributed by atoms with Gasteiger partial charge in [-0.3, -0.25) is 4.68 Å². The molecule has 2 saturated carbocycles. The molecular weight excluding hydrogens is 360 g/mol. The zero-order valence-corrected chi connectivity index (χ0v) is 18.0. The lowest BCUT2D eigenvalue weighted by Crippen LogP contribution is -2.44. The van der Waals surface area contributed by atoms with Crippen molar-refractivity contribution in [3.63, 3.8) is 0 Å². The number of benzene rings is 1. The summed E-state index contributed by atoms with van der Waals surface area (Å²) in [7, 11) is 3.71. The Balaban J connectivity index is 1.47. The van der Waals surface area contributed by atoms with Crippen molar-refractivity contribution in [2.45, 2.75) is 58.0 Å². The smallest absolute Gasteiger partial charge is 0.119 e. The van der Waals surface area contributed by atoms with Crippen LogP contribution in [0.25, 0.3) is 6.08 Å². The maximum absolute atomic E-state index is 11.3. The quantitative estimate of drug-likeness (QED) is 0.809. The van der Waals surface area contributed by atoms with Crippen molar-refractivity contribution < 1.29 is 9.84 Å². The maximum Gasteiger partial charge on any atom is 0.119 e. The third-order valence-corrected chi connectivity index (χ3v) is 8.20. The second-order valence-corrected chi connectivity index (χ2v) is 9.69. The molecule has 0 bridgehead atoms. The molecule has 1 heterocycles. The highest BCUT2D eigenvalue weighted by Gasteiger charge is 2.56. The molecule has 1 aromatic carbocycles. The molecule has 5 rings (SSSR count). The van der Waals surface area contributed by atoms with E-state index in [1.807, 2.05) is 18.7 Å². The van der Waals surface area contributed by atoms with Crippen molar-refractivity contribution in [1.29, 1.82) is 0 Å². The minimum absolute atomic E-state index is 0.00686. The fourth-order valence-electron chi connectivity index (χ4n) is 6.64. The van der Waals surface area contributed by atoms with Gasteiger partial charge in [0, 0.05) is 24.2 Å². The van der Waals surface area contributed by atoms with Gasteiger partial charge in [0.15, 0.2) is 0 Å². The number of aliphatic hydroxyl groups excluding tert-OH is 1. The van der Waals surface area contributed by atoms with Crippen molar-refractivity contribution in [1.82, 2.24) is 9.78 Å². The molecule has 0 aliphatic heterocycles. The number of aliphatic hydroxyl groups is 1. The maximum atomic E-state index is 11.3. The highest BCUT2D eigenvalue weighted by Crippen LogP contribution is 2.62. The molecule has 5 atom stereocenters. The fraction of sp³-hybridized carbons (Fsp3) is 0.560. The Morgan fingerprint density at radius 1 is 1.31 bits per heavy atom. The Bertz CT molecular complexity index is 975. The molecule has 1 N–H and O–H groups in total. The summed E-state index contributed by atoms with van der Waals surface area (Å²) < 4.78 is 7.31. The van der Waals surface area contributed by atoms with Gasteiger partial charge in [-0.25, -0.2) is 0 Å². The first-order valence-corrected chi connectivity index (χ1v) is 11.0. The van der Waals surface area contributed by atoms with Crippen LogP contribution in [0.2, 0.25) is 0 Å². The summed E-state index contributed by atoms with van der Waals surface area (Å²) in [5.41, 5.74) is 6.36. The van der Waals surface area contributed by atoms with E-state index in [0.717, 1.165) is 36.3 Å². The third-order valence-electron chi connectivity index (χ3n) is 8.20. The first kappa shape index (κ1) is 18.9. The summed E-state index contributed by atoms with van der Waals surface area (Å²) >= 11 is 0. The summed E-state index contributed by atoms with van der Waals surface area (Å²) in [5.74, 6) is 2.80. The predicted octanol–water partition coefficient (Wildman–Crippen LogP) is 4.65. The van der Waals surface area contributed by atoms with Gasteiger partial charge in [0.05, 0.1) is 18.9 Å². The Kier molecular flexibility index (Phi) is 4.39. The molecule has 1 aromatic heterocycles. The lowest BCUT2D eigenvalue weighted by Gasteiger charge is -2.49. The number of hydrogen-bond acceptors (Lipinski definition) is 3. The zero-order valence-electron chi connectivity index (χ0n) is 18.0. The van der Waals surface area contributed by atoms with E-state index in [4.69, 9.17) is 4.74 Å². The molecule has 0 unspecified atom stereocenters. The Hall–Kier alpha value is -2.07. The van der Waals surface area contributed by atoms with Gasteiger partial charge in [-0.05, 0) is 91.7 Å². The number of nitrogens with zero attached hydrogens (tertiary/aromatic N) is 2. The fourth-order valence-corrected chi connectivity index (χ4v) is 6.64. The van der Waals surface area contributed by atoms with Crippen LogP contribution in [0, 0.1) is 24.2 Å². The third kappa shape index (κ3) is 2.87. The number of hydrogen-bond donors (Lipinski definition) is 1. The summed E-state index contributed by atoms with van der Waals surface area (Å²) in [5, 5.41) is 15.8. The van der Waals surface area contributed by atoms with Crippen LogP contribution in [0.4, 0.5) is 0 Å². The summed E-state index contributed by atoms with van der Waals surface area (Å²) in [6.07, 6.45) is 9.56. The molecular formula is C25H32N2O2. The normalized spacial score (nSPS) is 34.6. The molecule has 29 heavy (non-hydrogen) atoms. The molecule has 0 amide bonds. The molecule has 154 valence electrons. The monoisotopic (exact) mass is 392 g/mol. The molecule has 0 radical (unpaired) electrons. The van der Waals surface area contributed by atoms with E-state index in [1.54, 1.807) is 7.11 Å². The highest BCUT2D eigenvalue weighted by atomic mass is 16.5. The van der Waals surface area contributed by atoms with Gasteiger partial charge in [-0.1, -0.05) is 13.0 Å². The van der Waals surface area contributed by atoms with Crippen molar-refractivity contribution in [2.24, 2.45) is 24.3 Å². The predicted molar refractivity (Wildman–Crippen MR) is 115 cm³/mol. The van der Waals surface area contributed by atoms with Crippen LogP contribution < -0.4 is 4.74 Å². The number of ether oxygens (including phenoxy) is 1. The second kappa shape index (κ2) is 6.73. The minimum atomic E-state index is -0.342. The number of methoxy groups -OCH3 is 1. The van der Waals surface area contributed by atoms with Crippen LogP contribution >= 0.6 is 0 Å². The Labute approximate surface area is 173 Å². The number of aryl methyl sites for hydroxylation is 3. The molecule has 3 aliphatic carbocycles. The van der Waals surface area contributed by atoms with Gasteiger partial charge in [0.25, 0.3) is 0 Å². The van der Waals surface area contributed by atoms with Crippen LogP contribution in [-0.4, -0.2) is 28.1 Å². The van der Waals surface area contributed by atoms with Crippen LogP contribution in [0.5, 0.6) is 5.75 Å². The largest absolute Gasteiger partial charge is 0.497 e. The molecule has 0 saturated heterocycles. The van der Waals surface area contributed by atoms with Gasteiger partial charge >= 0.3 is 0 Å². The van der Waals surface area contributed by atoms with E-state index >= 15 is 0 Å². The van der Waals surface area contributed by atoms with E-state index < -0.39 is 0 Å². The molecule has 2 aromatic rings. The van der Waals surface area contributed by atoms with E-state index in [9.17, 15) is 5.11 Å².